The van der Waals surface area contributed by atoms with Gasteiger partial charge in [-0.2, -0.15) is 0 Å². The van der Waals surface area contributed by atoms with Crippen LogP contribution in [0.1, 0.15) is 41.8 Å². The van der Waals surface area contributed by atoms with Gasteiger partial charge in [-0.15, -0.1) is 0 Å². The Balaban J connectivity index is 1.66. The number of hydrogen-bond acceptors (Lipinski definition) is 2. The molecule has 106 valence electrons. The smallest absolute Gasteiger partial charge is 0.138 e. The zero-order chi connectivity index (χ0) is 14.4. The molecule has 0 amide bonds. The summed E-state index contributed by atoms with van der Waals surface area (Å²) in [5.41, 5.74) is 2.95. The van der Waals surface area contributed by atoms with Crippen LogP contribution in [0.2, 0.25) is 5.02 Å². The minimum atomic E-state index is -0.746. The molecule has 1 N–H and O–H groups in total. The molecule has 21 heavy (non-hydrogen) atoms. The molecular formula is C18H15ClO2. The third kappa shape index (κ3) is 2.45. The standard InChI is InChI=1S/C18H15ClO2/c19-15-7-8-16-14(9-15)10-17(21-16)18(20)13-5-3-12(4-6-13)11-1-2-11/h3-11,18,20H,1-2H2. The van der Waals surface area contributed by atoms with Crippen molar-refractivity contribution in [3.8, 4) is 0 Å². The number of hydrogen-bond donors (Lipinski definition) is 1. The number of fused-ring (bicyclic) bond motifs is 1. The second kappa shape index (κ2) is 4.90. The largest absolute Gasteiger partial charge is 0.458 e. The fraction of sp³-hybridized carbons (Fsp3) is 0.222. The highest BCUT2D eigenvalue weighted by Gasteiger charge is 2.23. The van der Waals surface area contributed by atoms with Crippen LogP contribution < -0.4 is 0 Å². The first kappa shape index (κ1) is 12.9. The van der Waals surface area contributed by atoms with Gasteiger partial charge in [-0.05, 0) is 54.2 Å². The molecule has 0 saturated heterocycles. The molecule has 1 saturated carbocycles. The van der Waals surface area contributed by atoms with Crippen LogP contribution in [0.4, 0.5) is 0 Å². The lowest BCUT2D eigenvalue weighted by Gasteiger charge is -2.08. The van der Waals surface area contributed by atoms with Crippen molar-refractivity contribution in [2.75, 3.05) is 0 Å². The predicted molar refractivity (Wildman–Crippen MR) is 83.7 cm³/mol. The van der Waals surface area contributed by atoms with Crippen molar-refractivity contribution in [3.63, 3.8) is 0 Å². The molecule has 0 spiro atoms. The van der Waals surface area contributed by atoms with E-state index in [1.807, 2.05) is 30.3 Å². The molecule has 1 aromatic heterocycles. The molecule has 2 nitrogen and oxygen atoms in total. The highest BCUT2D eigenvalue weighted by atomic mass is 35.5. The third-order valence-electron chi connectivity index (χ3n) is 4.07. The van der Waals surface area contributed by atoms with Gasteiger partial charge in [0, 0.05) is 10.4 Å². The number of aliphatic hydroxyl groups is 1. The minimum absolute atomic E-state index is 0.548. The second-order valence-corrected chi connectivity index (χ2v) is 6.11. The van der Waals surface area contributed by atoms with E-state index in [2.05, 4.69) is 12.1 Å². The van der Waals surface area contributed by atoms with Crippen LogP contribution in [0.3, 0.4) is 0 Å². The Morgan fingerprint density at radius 1 is 1.05 bits per heavy atom. The Hall–Kier alpha value is -1.77. The van der Waals surface area contributed by atoms with Gasteiger partial charge in [-0.25, -0.2) is 0 Å². The molecule has 0 aliphatic heterocycles. The summed E-state index contributed by atoms with van der Waals surface area (Å²) in [5.74, 6) is 1.27. The summed E-state index contributed by atoms with van der Waals surface area (Å²) in [6.45, 7) is 0. The fourth-order valence-corrected chi connectivity index (χ4v) is 2.88. The van der Waals surface area contributed by atoms with E-state index in [1.165, 1.54) is 18.4 Å². The molecule has 3 aromatic rings. The van der Waals surface area contributed by atoms with E-state index in [-0.39, 0.29) is 0 Å². The van der Waals surface area contributed by atoms with Crippen molar-refractivity contribution < 1.29 is 9.52 Å². The molecule has 0 bridgehead atoms. The van der Waals surface area contributed by atoms with Crippen LogP contribution in [-0.2, 0) is 0 Å². The van der Waals surface area contributed by atoms with E-state index in [4.69, 9.17) is 16.0 Å². The van der Waals surface area contributed by atoms with Crippen LogP contribution in [0.15, 0.2) is 52.9 Å². The Kier molecular flexibility index (Phi) is 3.02. The molecule has 2 aromatic carbocycles. The van der Waals surface area contributed by atoms with Crippen molar-refractivity contribution in [3.05, 3.63) is 70.4 Å². The van der Waals surface area contributed by atoms with Gasteiger partial charge < -0.3 is 9.52 Å². The molecule has 1 aliphatic rings. The van der Waals surface area contributed by atoms with Gasteiger partial charge in [0.05, 0.1) is 0 Å². The van der Waals surface area contributed by atoms with E-state index >= 15 is 0 Å². The zero-order valence-corrected chi connectivity index (χ0v) is 12.2. The maximum atomic E-state index is 10.5. The number of halogens is 1. The predicted octanol–water partition coefficient (Wildman–Crippen LogP) is 5.05. The van der Waals surface area contributed by atoms with E-state index in [0.717, 1.165) is 22.5 Å². The summed E-state index contributed by atoms with van der Waals surface area (Å²) < 4.78 is 5.72. The lowest BCUT2D eigenvalue weighted by molar-refractivity contribution is 0.192. The van der Waals surface area contributed by atoms with Crippen molar-refractivity contribution in [1.29, 1.82) is 0 Å². The first-order valence-electron chi connectivity index (χ1n) is 7.17. The lowest BCUT2D eigenvalue weighted by Crippen LogP contribution is -1.97. The number of furan rings is 1. The van der Waals surface area contributed by atoms with Gasteiger partial charge in [0.2, 0.25) is 0 Å². The van der Waals surface area contributed by atoms with Crippen molar-refractivity contribution >= 4 is 22.6 Å². The van der Waals surface area contributed by atoms with E-state index in [0.29, 0.717) is 10.8 Å². The summed E-state index contributed by atoms with van der Waals surface area (Å²) in [4.78, 5) is 0. The first-order valence-corrected chi connectivity index (χ1v) is 7.55. The topological polar surface area (TPSA) is 33.4 Å². The summed E-state index contributed by atoms with van der Waals surface area (Å²) in [5, 5.41) is 12.1. The van der Waals surface area contributed by atoms with Gasteiger partial charge >= 0.3 is 0 Å². The monoisotopic (exact) mass is 298 g/mol. The molecule has 1 aliphatic carbocycles. The summed E-state index contributed by atoms with van der Waals surface area (Å²) >= 11 is 5.97. The van der Waals surface area contributed by atoms with Crippen LogP contribution in [-0.4, -0.2) is 5.11 Å². The van der Waals surface area contributed by atoms with Gasteiger partial charge in [-0.1, -0.05) is 35.9 Å². The first-order chi connectivity index (χ1) is 10.2. The molecule has 1 heterocycles. The highest BCUT2D eigenvalue weighted by Crippen LogP contribution is 2.40. The lowest BCUT2D eigenvalue weighted by atomic mass is 10.0. The molecule has 4 rings (SSSR count). The minimum Gasteiger partial charge on any atom is -0.458 e. The van der Waals surface area contributed by atoms with Crippen LogP contribution in [0, 0.1) is 0 Å². The molecule has 1 atom stereocenters. The molecule has 1 fully saturated rings. The van der Waals surface area contributed by atoms with Crippen LogP contribution >= 0.6 is 11.6 Å². The van der Waals surface area contributed by atoms with E-state index in [9.17, 15) is 5.11 Å². The second-order valence-electron chi connectivity index (χ2n) is 5.67. The fourth-order valence-electron chi connectivity index (χ4n) is 2.70. The average molecular weight is 299 g/mol. The Bertz CT molecular complexity index is 785. The molecule has 3 heteroatoms. The van der Waals surface area contributed by atoms with Crippen LogP contribution in [0.5, 0.6) is 0 Å². The van der Waals surface area contributed by atoms with Gasteiger partial charge in [0.15, 0.2) is 0 Å². The maximum absolute atomic E-state index is 10.5. The number of rotatable bonds is 3. The van der Waals surface area contributed by atoms with Crippen molar-refractivity contribution in [2.24, 2.45) is 0 Å². The normalized spacial score (nSPS) is 16.3. The number of benzene rings is 2. The van der Waals surface area contributed by atoms with Crippen LogP contribution in [0.25, 0.3) is 11.0 Å². The van der Waals surface area contributed by atoms with Gasteiger partial charge in [0.1, 0.15) is 17.4 Å². The average Bonchev–Trinajstić information content (AvgIpc) is 3.26. The molecular weight excluding hydrogens is 284 g/mol. The zero-order valence-electron chi connectivity index (χ0n) is 11.4. The maximum Gasteiger partial charge on any atom is 0.138 e. The Morgan fingerprint density at radius 2 is 1.81 bits per heavy atom. The van der Waals surface area contributed by atoms with Crippen molar-refractivity contribution in [1.82, 2.24) is 0 Å². The third-order valence-corrected chi connectivity index (χ3v) is 4.30. The van der Waals surface area contributed by atoms with Gasteiger partial charge in [-0.3, -0.25) is 0 Å². The SMILES string of the molecule is OC(c1ccc(C2CC2)cc1)c1cc2cc(Cl)ccc2o1. The van der Waals surface area contributed by atoms with E-state index in [1.54, 1.807) is 6.07 Å². The summed E-state index contributed by atoms with van der Waals surface area (Å²) in [6, 6.07) is 15.5. The summed E-state index contributed by atoms with van der Waals surface area (Å²) in [7, 11) is 0. The van der Waals surface area contributed by atoms with Gasteiger partial charge in [0.25, 0.3) is 0 Å². The Morgan fingerprint density at radius 3 is 2.52 bits per heavy atom. The summed E-state index contributed by atoms with van der Waals surface area (Å²) in [6.07, 6.45) is 1.82. The highest BCUT2D eigenvalue weighted by molar-refractivity contribution is 6.31. The van der Waals surface area contributed by atoms with E-state index < -0.39 is 6.10 Å². The molecule has 0 radical (unpaired) electrons. The van der Waals surface area contributed by atoms with Crippen molar-refractivity contribution in [2.45, 2.75) is 24.9 Å². The molecule has 1 unspecified atom stereocenters. The number of aliphatic hydroxyl groups excluding tert-OH is 1. The Labute approximate surface area is 128 Å². The quantitative estimate of drug-likeness (QED) is 0.734.